The van der Waals surface area contributed by atoms with Crippen molar-refractivity contribution in [1.29, 1.82) is 0 Å². The fourth-order valence-electron chi connectivity index (χ4n) is 1.92. The summed E-state index contributed by atoms with van der Waals surface area (Å²) in [5.41, 5.74) is 1.03. The molecule has 0 spiro atoms. The molecule has 2 heterocycles. The van der Waals surface area contributed by atoms with Crippen LogP contribution in [0.3, 0.4) is 0 Å². The number of furan rings is 1. The Hall–Kier alpha value is -1.61. The summed E-state index contributed by atoms with van der Waals surface area (Å²) in [7, 11) is 0. The number of aromatic nitrogens is 1. The Morgan fingerprint density at radius 3 is 2.94 bits per heavy atom. The maximum atomic E-state index is 5.84. The van der Waals surface area contributed by atoms with Crippen molar-refractivity contribution in [2.75, 3.05) is 6.54 Å². The first kappa shape index (κ1) is 12.8. The SMILES string of the molecule is CCCNC(C)Cc1ccc(-c2cccnc2)o1. The van der Waals surface area contributed by atoms with Gasteiger partial charge in [0.2, 0.25) is 0 Å². The van der Waals surface area contributed by atoms with Crippen LogP contribution in [0.2, 0.25) is 0 Å². The first-order valence-corrected chi connectivity index (χ1v) is 6.52. The van der Waals surface area contributed by atoms with Gasteiger partial charge in [-0.25, -0.2) is 0 Å². The lowest BCUT2D eigenvalue weighted by Crippen LogP contribution is -2.28. The van der Waals surface area contributed by atoms with Crippen LogP contribution < -0.4 is 5.32 Å². The molecule has 0 aliphatic rings. The molecule has 0 saturated heterocycles. The molecule has 1 unspecified atom stereocenters. The van der Waals surface area contributed by atoms with Crippen LogP contribution in [0.1, 0.15) is 26.0 Å². The van der Waals surface area contributed by atoms with E-state index in [1.54, 1.807) is 6.20 Å². The van der Waals surface area contributed by atoms with E-state index in [0.717, 1.165) is 36.5 Å². The third-order valence-electron chi connectivity index (χ3n) is 2.86. The molecule has 96 valence electrons. The highest BCUT2D eigenvalue weighted by molar-refractivity contribution is 5.55. The first-order valence-electron chi connectivity index (χ1n) is 6.52. The molecule has 18 heavy (non-hydrogen) atoms. The van der Waals surface area contributed by atoms with Gasteiger partial charge in [-0.15, -0.1) is 0 Å². The molecule has 2 rings (SSSR count). The summed E-state index contributed by atoms with van der Waals surface area (Å²) in [6.45, 7) is 5.41. The summed E-state index contributed by atoms with van der Waals surface area (Å²) in [4.78, 5) is 4.10. The minimum Gasteiger partial charge on any atom is -0.461 e. The minimum atomic E-state index is 0.442. The standard InChI is InChI=1S/C15H20N2O/c1-3-8-17-12(2)10-14-6-7-15(18-14)13-5-4-9-16-11-13/h4-7,9,11-12,17H,3,8,10H2,1-2H3. The average Bonchev–Trinajstić information content (AvgIpc) is 2.86. The van der Waals surface area contributed by atoms with Crippen molar-refractivity contribution in [1.82, 2.24) is 10.3 Å². The smallest absolute Gasteiger partial charge is 0.135 e. The number of rotatable bonds is 6. The fraction of sp³-hybridized carbons (Fsp3) is 0.400. The highest BCUT2D eigenvalue weighted by Crippen LogP contribution is 2.21. The van der Waals surface area contributed by atoms with Crippen LogP contribution in [-0.4, -0.2) is 17.6 Å². The molecule has 0 aliphatic carbocycles. The van der Waals surface area contributed by atoms with E-state index in [2.05, 4.69) is 24.1 Å². The minimum absolute atomic E-state index is 0.442. The lowest BCUT2D eigenvalue weighted by Gasteiger charge is -2.10. The molecule has 2 aromatic heterocycles. The summed E-state index contributed by atoms with van der Waals surface area (Å²) in [6, 6.07) is 8.43. The van der Waals surface area contributed by atoms with Gasteiger partial charge >= 0.3 is 0 Å². The van der Waals surface area contributed by atoms with E-state index < -0.39 is 0 Å². The second-order valence-electron chi connectivity index (χ2n) is 4.57. The molecule has 0 fully saturated rings. The van der Waals surface area contributed by atoms with Gasteiger partial charge in [0.1, 0.15) is 11.5 Å². The molecule has 0 radical (unpaired) electrons. The van der Waals surface area contributed by atoms with Crippen molar-refractivity contribution in [3.63, 3.8) is 0 Å². The van der Waals surface area contributed by atoms with E-state index in [1.807, 2.05) is 30.5 Å². The highest BCUT2D eigenvalue weighted by atomic mass is 16.3. The molecular formula is C15H20N2O. The summed E-state index contributed by atoms with van der Waals surface area (Å²) in [5.74, 6) is 1.91. The quantitative estimate of drug-likeness (QED) is 0.847. The van der Waals surface area contributed by atoms with Crippen molar-refractivity contribution in [2.24, 2.45) is 0 Å². The van der Waals surface area contributed by atoms with E-state index >= 15 is 0 Å². The molecule has 0 aliphatic heterocycles. The third kappa shape index (κ3) is 3.44. The Labute approximate surface area is 108 Å². The number of nitrogens with one attached hydrogen (secondary N) is 1. The zero-order valence-electron chi connectivity index (χ0n) is 11.0. The molecule has 2 aromatic rings. The Morgan fingerprint density at radius 1 is 1.33 bits per heavy atom. The topological polar surface area (TPSA) is 38.1 Å². The zero-order valence-corrected chi connectivity index (χ0v) is 11.0. The van der Waals surface area contributed by atoms with E-state index in [9.17, 15) is 0 Å². The Morgan fingerprint density at radius 2 is 2.22 bits per heavy atom. The van der Waals surface area contributed by atoms with Crippen molar-refractivity contribution < 1.29 is 4.42 Å². The molecule has 1 N–H and O–H groups in total. The number of pyridine rings is 1. The van der Waals surface area contributed by atoms with E-state index in [0.29, 0.717) is 6.04 Å². The predicted molar refractivity (Wildman–Crippen MR) is 73.4 cm³/mol. The van der Waals surface area contributed by atoms with E-state index in [-0.39, 0.29) is 0 Å². The summed E-state index contributed by atoms with van der Waals surface area (Å²) < 4.78 is 5.84. The average molecular weight is 244 g/mol. The fourth-order valence-corrected chi connectivity index (χ4v) is 1.92. The molecule has 0 aromatic carbocycles. The van der Waals surface area contributed by atoms with Gasteiger partial charge in [-0.2, -0.15) is 0 Å². The zero-order chi connectivity index (χ0) is 12.8. The monoisotopic (exact) mass is 244 g/mol. The number of hydrogen-bond donors (Lipinski definition) is 1. The van der Waals surface area contributed by atoms with Gasteiger partial charge in [0.15, 0.2) is 0 Å². The molecule has 3 heteroatoms. The number of hydrogen-bond acceptors (Lipinski definition) is 3. The van der Waals surface area contributed by atoms with Crippen LogP contribution in [-0.2, 0) is 6.42 Å². The van der Waals surface area contributed by atoms with E-state index in [4.69, 9.17) is 4.42 Å². The van der Waals surface area contributed by atoms with Gasteiger partial charge in [-0.05, 0) is 44.2 Å². The normalized spacial score (nSPS) is 12.6. The summed E-state index contributed by atoms with van der Waals surface area (Å²) in [5, 5.41) is 3.46. The second kappa shape index (κ2) is 6.36. The maximum Gasteiger partial charge on any atom is 0.135 e. The Bertz CT molecular complexity index is 464. The van der Waals surface area contributed by atoms with E-state index in [1.165, 1.54) is 0 Å². The lowest BCUT2D eigenvalue weighted by atomic mass is 10.2. The van der Waals surface area contributed by atoms with Crippen molar-refractivity contribution >= 4 is 0 Å². The largest absolute Gasteiger partial charge is 0.461 e. The maximum absolute atomic E-state index is 5.84. The van der Waals surface area contributed by atoms with Gasteiger partial charge in [-0.1, -0.05) is 6.92 Å². The highest BCUT2D eigenvalue weighted by Gasteiger charge is 2.08. The molecule has 0 saturated carbocycles. The van der Waals surface area contributed by atoms with Gasteiger partial charge < -0.3 is 9.73 Å². The van der Waals surface area contributed by atoms with Crippen LogP contribution in [0, 0.1) is 0 Å². The van der Waals surface area contributed by atoms with Gasteiger partial charge in [-0.3, -0.25) is 4.98 Å². The van der Waals surface area contributed by atoms with Crippen molar-refractivity contribution in [2.45, 2.75) is 32.7 Å². The predicted octanol–water partition coefficient (Wildman–Crippen LogP) is 3.27. The number of nitrogens with zero attached hydrogens (tertiary/aromatic N) is 1. The molecule has 1 atom stereocenters. The van der Waals surface area contributed by atoms with Gasteiger partial charge in [0, 0.05) is 30.4 Å². The molecule has 0 amide bonds. The Kier molecular flexibility index (Phi) is 4.53. The van der Waals surface area contributed by atoms with Crippen LogP contribution in [0.4, 0.5) is 0 Å². The van der Waals surface area contributed by atoms with Crippen molar-refractivity contribution in [3.05, 3.63) is 42.4 Å². The second-order valence-corrected chi connectivity index (χ2v) is 4.57. The van der Waals surface area contributed by atoms with Crippen molar-refractivity contribution in [3.8, 4) is 11.3 Å². The van der Waals surface area contributed by atoms with Crippen LogP contribution in [0.5, 0.6) is 0 Å². The third-order valence-corrected chi connectivity index (χ3v) is 2.86. The molecule has 0 bridgehead atoms. The van der Waals surface area contributed by atoms with Crippen LogP contribution >= 0.6 is 0 Å². The molecule has 3 nitrogen and oxygen atoms in total. The molecular weight excluding hydrogens is 224 g/mol. The first-order chi connectivity index (χ1) is 8.79. The summed E-state index contributed by atoms with van der Waals surface area (Å²) in [6.07, 6.45) is 5.66. The van der Waals surface area contributed by atoms with Gasteiger partial charge in [0.05, 0.1) is 0 Å². The van der Waals surface area contributed by atoms with Crippen LogP contribution in [0.25, 0.3) is 11.3 Å². The Balaban J connectivity index is 1.98. The van der Waals surface area contributed by atoms with Crippen LogP contribution in [0.15, 0.2) is 41.1 Å². The lowest BCUT2D eigenvalue weighted by molar-refractivity contribution is 0.464. The van der Waals surface area contributed by atoms with Gasteiger partial charge in [0.25, 0.3) is 0 Å². The summed E-state index contributed by atoms with van der Waals surface area (Å²) >= 11 is 0.